The molecule has 0 saturated heterocycles. The van der Waals surface area contributed by atoms with Crippen LogP contribution in [0.5, 0.6) is 0 Å². The molecule has 1 aliphatic rings. The molecule has 1 aromatic rings. The molecular weight excluding hydrogens is 198 g/mol. The second kappa shape index (κ2) is 4.46. The molecule has 0 aromatic heterocycles. The number of aliphatic hydroxyl groups excluding tert-OH is 1. The molecule has 0 fully saturated rings. The smallest absolute Gasteiger partial charge is 0.0450 e. The van der Waals surface area contributed by atoms with E-state index in [1.807, 2.05) is 0 Å². The quantitative estimate of drug-likeness (QED) is 0.844. The van der Waals surface area contributed by atoms with E-state index in [-0.39, 0.29) is 6.61 Å². The molecular formula is C14H21NO. The van der Waals surface area contributed by atoms with E-state index in [0.717, 1.165) is 12.8 Å². The molecule has 0 spiro atoms. The van der Waals surface area contributed by atoms with Crippen molar-refractivity contribution >= 4 is 5.69 Å². The van der Waals surface area contributed by atoms with Gasteiger partial charge < -0.3 is 10.0 Å². The van der Waals surface area contributed by atoms with Gasteiger partial charge in [0.15, 0.2) is 0 Å². The summed E-state index contributed by atoms with van der Waals surface area (Å²) < 4.78 is 0. The summed E-state index contributed by atoms with van der Waals surface area (Å²) in [6.45, 7) is 6.91. The average molecular weight is 219 g/mol. The maximum Gasteiger partial charge on any atom is 0.0450 e. The van der Waals surface area contributed by atoms with Crippen molar-refractivity contribution in [2.24, 2.45) is 0 Å². The van der Waals surface area contributed by atoms with Crippen molar-refractivity contribution < 1.29 is 5.11 Å². The van der Waals surface area contributed by atoms with Gasteiger partial charge in [-0.15, -0.1) is 0 Å². The zero-order valence-corrected chi connectivity index (χ0v) is 10.4. The van der Waals surface area contributed by atoms with Gasteiger partial charge in [-0.3, -0.25) is 0 Å². The number of aliphatic hydroxyl groups is 1. The number of benzene rings is 1. The molecule has 88 valence electrons. The van der Waals surface area contributed by atoms with Gasteiger partial charge in [-0.2, -0.15) is 0 Å². The molecule has 1 N–H and O–H groups in total. The van der Waals surface area contributed by atoms with Gasteiger partial charge in [0, 0.05) is 24.4 Å². The van der Waals surface area contributed by atoms with Gasteiger partial charge in [0.1, 0.15) is 0 Å². The molecule has 1 aliphatic heterocycles. The lowest BCUT2D eigenvalue weighted by atomic mass is 10.0. The number of nitrogens with zero attached hydrogens (tertiary/aromatic N) is 1. The normalized spacial score (nSPS) is 19.3. The number of aryl methyl sites for hydroxylation is 1. The van der Waals surface area contributed by atoms with Crippen LogP contribution in [0.2, 0.25) is 0 Å². The summed E-state index contributed by atoms with van der Waals surface area (Å²) in [6.07, 6.45) is 1.95. The lowest BCUT2D eigenvalue weighted by molar-refractivity contribution is 0.272. The minimum atomic E-state index is 0.279. The zero-order valence-electron chi connectivity index (χ0n) is 10.4. The molecule has 0 bridgehead atoms. The van der Waals surface area contributed by atoms with Crippen molar-refractivity contribution in [3.05, 3.63) is 29.3 Å². The number of hydrogen-bond acceptors (Lipinski definition) is 2. The lowest BCUT2D eigenvalue weighted by Gasteiger charge is -2.31. The van der Waals surface area contributed by atoms with E-state index >= 15 is 0 Å². The summed E-state index contributed by atoms with van der Waals surface area (Å²) in [5.74, 6) is 0. The molecule has 1 unspecified atom stereocenters. The minimum Gasteiger partial charge on any atom is -0.396 e. The monoisotopic (exact) mass is 219 g/mol. The van der Waals surface area contributed by atoms with Crippen LogP contribution in [0.15, 0.2) is 18.2 Å². The Kier molecular flexibility index (Phi) is 3.20. The van der Waals surface area contributed by atoms with Gasteiger partial charge in [-0.05, 0) is 50.8 Å². The van der Waals surface area contributed by atoms with Gasteiger partial charge in [-0.1, -0.05) is 12.1 Å². The predicted octanol–water partition coefficient (Wildman–Crippen LogP) is 2.52. The van der Waals surface area contributed by atoms with Crippen LogP contribution in [0.4, 0.5) is 5.69 Å². The Morgan fingerprint density at radius 1 is 1.44 bits per heavy atom. The summed E-state index contributed by atoms with van der Waals surface area (Å²) in [5, 5.41) is 9.15. The lowest BCUT2D eigenvalue weighted by Crippen LogP contribution is -2.38. The van der Waals surface area contributed by atoms with Crippen molar-refractivity contribution in [1.82, 2.24) is 0 Å². The molecule has 2 nitrogen and oxygen atoms in total. The van der Waals surface area contributed by atoms with Gasteiger partial charge in [0.05, 0.1) is 0 Å². The van der Waals surface area contributed by atoms with E-state index in [4.69, 9.17) is 5.11 Å². The summed E-state index contributed by atoms with van der Waals surface area (Å²) in [5.41, 5.74) is 4.21. The summed E-state index contributed by atoms with van der Waals surface area (Å²) >= 11 is 0. The predicted molar refractivity (Wildman–Crippen MR) is 68.0 cm³/mol. The fourth-order valence-electron chi connectivity index (χ4n) is 2.81. The summed E-state index contributed by atoms with van der Waals surface area (Å²) in [4.78, 5) is 2.46. The minimum absolute atomic E-state index is 0.279. The third-order valence-electron chi connectivity index (χ3n) is 3.52. The topological polar surface area (TPSA) is 23.5 Å². The molecule has 16 heavy (non-hydrogen) atoms. The zero-order chi connectivity index (χ0) is 11.7. The molecule has 0 radical (unpaired) electrons. The highest BCUT2D eigenvalue weighted by Crippen LogP contribution is 2.36. The first-order valence-corrected chi connectivity index (χ1v) is 6.12. The number of fused-ring (bicyclic) bond motifs is 1. The van der Waals surface area contributed by atoms with E-state index in [9.17, 15) is 0 Å². The fourth-order valence-corrected chi connectivity index (χ4v) is 2.81. The van der Waals surface area contributed by atoms with Gasteiger partial charge >= 0.3 is 0 Å². The van der Waals surface area contributed by atoms with Gasteiger partial charge in [-0.25, -0.2) is 0 Å². The first-order chi connectivity index (χ1) is 7.65. The van der Waals surface area contributed by atoms with Crippen LogP contribution in [0, 0.1) is 6.92 Å². The highest BCUT2D eigenvalue weighted by Gasteiger charge is 2.30. The number of anilines is 1. The first-order valence-electron chi connectivity index (χ1n) is 6.12. The van der Waals surface area contributed by atoms with Crippen molar-refractivity contribution in [1.29, 1.82) is 0 Å². The Labute approximate surface area is 97.9 Å². The first kappa shape index (κ1) is 11.5. The van der Waals surface area contributed by atoms with Crippen molar-refractivity contribution in [2.75, 3.05) is 11.5 Å². The van der Waals surface area contributed by atoms with E-state index in [2.05, 4.69) is 43.9 Å². The van der Waals surface area contributed by atoms with Gasteiger partial charge in [0.2, 0.25) is 0 Å². The van der Waals surface area contributed by atoms with Crippen molar-refractivity contribution in [3.63, 3.8) is 0 Å². The van der Waals surface area contributed by atoms with Crippen molar-refractivity contribution in [2.45, 2.75) is 45.7 Å². The highest BCUT2D eigenvalue weighted by atomic mass is 16.3. The van der Waals surface area contributed by atoms with E-state index in [1.165, 1.54) is 16.8 Å². The molecule has 1 heterocycles. The van der Waals surface area contributed by atoms with Crippen LogP contribution in [0.1, 0.15) is 31.4 Å². The molecule has 0 aliphatic carbocycles. The maximum atomic E-state index is 9.15. The summed E-state index contributed by atoms with van der Waals surface area (Å²) in [6, 6.07) is 7.49. The maximum absolute atomic E-state index is 9.15. The van der Waals surface area contributed by atoms with Gasteiger partial charge in [0.25, 0.3) is 0 Å². The third kappa shape index (κ3) is 1.82. The van der Waals surface area contributed by atoms with E-state index < -0.39 is 0 Å². The highest BCUT2D eigenvalue weighted by molar-refractivity contribution is 5.62. The van der Waals surface area contributed by atoms with Crippen LogP contribution in [0.25, 0.3) is 0 Å². The van der Waals surface area contributed by atoms with E-state index in [1.54, 1.807) is 0 Å². The molecule has 2 heteroatoms. The largest absolute Gasteiger partial charge is 0.396 e. The molecule has 1 atom stereocenters. The standard InChI is InChI=1S/C14H21NO/c1-10(2)15-12(7-8-16)9-13-11(3)5-4-6-14(13)15/h4-6,10,12,16H,7-9H2,1-3H3. The second-order valence-electron chi connectivity index (χ2n) is 4.94. The van der Waals surface area contributed by atoms with Crippen LogP contribution in [0.3, 0.4) is 0 Å². The molecule has 0 saturated carbocycles. The number of hydrogen-bond donors (Lipinski definition) is 1. The molecule has 1 aromatic carbocycles. The Morgan fingerprint density at radius 3 is 2.81 bits per heavy atom. The van der Waals surface area contributed by atoms with Crippen LogP contribution in [-0.2, 0) is 6.42 Å². The summed E-state index contributed by atoms with van der Waals surface area (Å²) in [7, 11) is 0. The molecule has 2 rings (SSSR count). The Hall–Kier alpha value is -1.02. The van der Waals surface area contributed by atoms with Crippen LogP contribution >= 0.6 is 0 Å². The van der Waals surface area contributed by atoms with Crippen LogP contribution in [-0.4, -0.2) is 23.8 Å². The van der Waals surface area contributed by atoms with Crippen molar-refractivity contribution in [3.8, 4) is 0 Å². The van der Waals surface area contributed by atoms with Crippen LogP contribution < -0.4 is 4.90 Å². The average Bonchev–Trinajstić information content (AvgIpc) is 2.58. The Morgan fingerprint density at radius 2 is 2.19 bits per heavy atom. The fraction of sp³-hybridized carbons (Fsp3) is 0.571. The Bertz CT molecular complexity index is 373. The van der Waals surface area contributed by atoms with E-state index in [0.29, 0.717) is 12.1 Å². The third-order valence-corrected chi connectivity index (χ3v) is 3.52. The number of rotatable bonds is 3. The SMILES string of the molecule is Cc1cccc2c1CC(CCO)N2C(C)C. The second-order valence-corrected chi connectivity index (χ2v) is 4.94. The molecule has 0 amide bonds. The Balaban J connectivity index is 2.37.